The van der Waals surface area contributed by atoms with Gasteiger partial charge in [0.05, 0.1) is 30.3 Å². The van der Waals surface area contributed by atoms with Crippen LogP contribution in [0.5, 0.6) is 5.75 Å². The van der Waals surface area contributed by atoms with Crippen molar-refractivity contribution >= 4 is 29.1 Å². The molecule has 2 heterocycles. The van der Waals surface area contributed by atoms with Crippen molar-refractivity contribution in [3.8, 4) is 16.9 Å². The van der Waals surface area contributed by atoms with E-state index in [1.807, 2.05) is 33.8 Å². The van der Waals surface area contributed by atoms with Crippen LogP contribution in [0.2, 0.25) is 5.15 Å². The number of carbonyl (C=O) groups is 1. The number of ether oxygens (including phenoxy) is 1. The highest BCUT2D eigenvalue weighted by atomic mass is 35.5. The smallest absolute Gasteiger partial charge is 0.258 e. The molecule has 0 bridgehead atoms. The SMILES string of the molecule is C=C(C)N=C(C)/C(=C\C)N=C(C)NC(=O)c1cnc(C)cc1-c1cc(Cl)ncc1OC.CCN. The lowest BCUT2D eigenvalue weighted by atomic mass is 10.0. The van der Waals surface area contributed by atoms with Crippen LogP contribution in [-0.4, -0.2) is 41.1 Å². The summed E-state index contributed by atoms with van der Waals surface area (Å²) in [5.74, 6) is 0.557. The summed E-state index contributed by atoms with van der Waals surface area (Å²) in [5, 5.41) is 3.11. The summed E-state index contributed by atoms with van der Waals surface area (Å²) in [4.78, 5) is 30.2. The summed E-state index contributed by atoms with van der Waals surface area (Å²) in [7, 11) is 1.53. The molecule has 0 atom stereocenters. The van der Waals surface area contributed by atoms with Gasteiger partial charge in [-0.05, 0) is 53.3 Å². The van der Waals surface area contributed by atoms with Crippen molar-refractivity contribution in [2.24, 2.45) is 15.7 Å². The van der Waals surface area contributed by atoms with Gasteiger partial charge in [0.2, 0.25) is 0 Å². The molecule has 0 aromatic carbocycles. The largest absolute Gasteiger partial charge is 0.494 e. The Morgan fingerprint density at radius 1 is 1.21 bits per heavy atom. The number of nitrogens with zero attached hydrogens (tertiary/aromatic N) is 4. The van der Waals surface area contributed by atoms with Crippen LogP contribution >= 0.6 is 11.6 Å². The van der Waals surface area contributed by atoms with E-state index in [4.69, 9.17) is 22.1 Å². The quantitative estimate of drug-likeness (QED) is 0.335. The maximum absolute atomic E-state index is 13.1. The molecule has 2 aromatic rings. The number of pyridine rings is 2. The minimum atomic E-state index is -0.358. The Morgan fingerprint density at radius 3 is 2.41 bits per heavy atom. The fourth-order valence-corrected chi connectivity index (χ4v) is 3.05. The number of nitrogens with one attached hydrogen (secondary N) is 1. The van der Waals surface area contributed by atoms with Gasteiger partial charge < -0.3 is 15.8 Å². The van der Waals surface area contributed by atoms with Gasteiger partial charge in [0, 0.05) is 28.7 Å². The fourth-order valence-electron chi connectivity index (χ4n) is 2.89. The highest BCUT2D eigenvalue weighted by Crippen LogP contribution is 2.33. The lowest BCUT2D eigenvalue weighted by Gasteiger charge is -2.14. The average molecular weight is 485 g/mol. The highest BCUT2D eigenvalue weighted by Gasteiger charge is 2.18. The van der Waals surface area contributed by atoms with Gasteiger partial charge >= 0.3 is 0 Å². The molecule has 2 rings (SSSR count). The Balaban J connectivity index is 0.00000182. The van der Waals surface area contributed by atoms with Gasteiger partial charge in [0.15, 0.2) is 0 Å². The third kappa shape index (κ3) is 8.53. The first-order valence-corrected chi connectivity index (χ1v) is 11.1. The van der Waals surface area contributed by atoms with E-state index in [2.05, 4.69) is 31.8 Å². The van der Waals surface area contributed by atoms with Gasteiger partial charge in [-0.3, -0.25) is 14.8 Å². The van der Waals surface area contributed by atoms with Crippen LogP contribution in [0, 0.1) is 6.92 Å². The number of rotatable bonds is 6. The summed E-state index contributed by atoms with van der Waals surface area (Å²) < 4.78 is 5.41. The second-order valence-electron chi connectivity index (χ2n) is 7.24. The number of aromatic nitrogens is 2. The summed E-state index contributed by atoms with van der Waals surface area (Å²) >= 11 is 6.09. The number of aryl methyl sites for hydroxylation is 1. The molecular formula is C25H33ClN6O2. The van der Waals surface area contributed by atoms with Gasteiger partial charge in [-0.15, -0.1) is 0 Å². The van der Waals surface area contributed by atoms with Gasteiger partial charge in [-0.2, -0.15) is 0 Å². The molecule has 34 heavy (non-hydrogen) atoms. The minimum absolute atomic E-state index is 0.291. The van der Waals surface area contributed by atoms with Crippen LogP contribution in [0.25, 0.3) is 11.1 Å². The first kappa shape index (κ1) is 28.7. The van der Waals surface area contributed by atoms with Crippen LogP contribution in [0.1, 0.15) is 50.7 Å². The van der Waals surface area contributed by atoms with E-state index in [0.717, 1.165) is 12.2 Å². The van der Waals surface area contributed by atoms with E-state index < -0.39 is 0 Å². The molecule has 1 amide bonds. The monoisotopic (exact) mass is 484 g/mol. The molecule has 0 saturated heterocycles. The lowest BCUT2D eigenvalue weighted by Crippen LogP contribution is -2.29. The molecule has 0 unspecified atom stereocenters. The predicted octanol–water partition coefficient (Wildman–Crippen LogP) is 5.13. The molecule has 2 aromatic heterocycles. The second kappa shape index (κ2) is 14.0. The van der Waals surface area contributed by atoms with Crippen molar-refractivity contribution in [3.05, 3.63) is 65.0 Å². The molecule has 0 fully saturated rings. The van der Waals surface area contributed by atoms with Crippen LogP contribution < -0.4 is 15.8 Å². The Kier molecular flexibility index (Phi) is 11.8. The van der Waals surface area contributed by atoms with Crippen LogP contribution in [0.15, 0.2) is 58.6 Å². The average Bonchev–Trinajstić information content (AvgIpc) is 2.77. The van der Waals surface area contributed by atoms with Crippen molar-refractivity contribution in [1.29, 1.82) is 0 Å². The maximum Gasteiger partial charge on any atom is 0.258 e. The molecule has 9 heteroatoms. The van der Waals surface area contributed by atoms with Crippen molar-refractivity contribution in [2.75, 3.05) is 13.7 Å². The van der Waals surface area contributed by atoms with Crippen LogP contribution in [-0.2, 0) is 0 Å². The van der Waals surface area contributed by atoms with Crippen molar-refractivity contribution in [3.63, 3.8) is 0 Å². The van der Waals surface area contributed by atoms with E-state index in [1.54, 1.807) is 26.0 Å². The van der Waals surface area contributed by atoms with E-state index in [0.29, 0.717) is 50.5 Å². The summed E-state index contributed by atoms with van der Waals surface area (Å²) in [6.45, 7) is 15.5. The zero-order chi connectivity index (χ0) is 25.8. The molecule has 0 aliphatic rings. The molecule has 0 aliphatic carbocycles. The summed E-state index contributed by atoms with van der Waals surface area (Å²) in [6.07, 6.45) is 4.86. The van der Waals surface area contributed by atoms with Gasteiger partial charge in [-0.1, -0.05) is 31.2 Å². The van der Waals surface area contributed by atoms with Gasteiger partial charge in [0.1, 0.15) is 16.7 Å². The van der Waals surface area contributed by atoms with Crippen molar-refractivity contribution in [2.45, 2.75) is 41.5 Å². The number of amidine groups is 1. The summed E-state index contributed by atoms with van der Waals surface area (Å²) in [5.41, 5.74) is 9.25. The zero-order valence-corrected chi connectivity index (χ0v) is 21.6. The first-order valence-electron chi connectivity index (χ1n) is 10.7. The standard InChI is InChI=1S/C23H26ClN5O2.C2H7N/c1-8-20(15(5)27-13(2)3)28-16(6)29-23(30)19-11-25-14(4)9-17(19)18-10-22(24)26-12-21(18)31-7;1-2-3/h8-12H,2H2,1,3-7H3,(H,28,29,30);2-3H2,1H3/b20-8+,27-15?;. The molecule has 0 spiro atoms. The molecule has 182 valence electrons. The number of hydrogen-bond acceptors (Lipinski definition) is 7. The normalized spacial score (nSPS) is 12.0. The minimum Gasteiger partial charge on any atom is -0.494 e. The zero-order valence-electron chi connectivity index (χ0n) is 20.9. The number of carbonyl (C=O) groups excluding carboxylic acids is 1. The maximum atomic E-state index is 13.1. The summed E-state index contributed by atoms with van der Waals surface area (Å²) in [6, 6.07) is 3.46. The highest BCUT2D eigenvalue weighted by molar-refractivity contribution is 6.29. The van der Waals surface area contributed by atoms with Crippen molar-refractivity contribution < 1.29 is 9.53 Å². The molecule has 0 aliphatic heterocycles. The molecule has 0 saturated carbocycles. The molecule has 0 radical (unpaired) electrons. The van der Waals surface area contributed by atoms with Gasteiger partial charge in [-0.25, -0.2) is 9.98 Å². The molecule has 8 nitrogen and oxygen atoms in total. The Hall–Kier alpha value is -3.36. The number of nitrogens with two attached hydrogens (primary N) is 1. The molecule has 3 N–H and O–H groups in total. The number of allylic oxidation sites excluding steroid dienone is 3. The number of hydrogen-bond donors (Lipinski definition) is 2. The number of methoxy groups -OCH3 is 1. The van der Waals surface area contributed by atoms with Crippen LogP contribution in [0.4, 0.5) is 0 Å². The van der Waals surface area contributed by atoms with Crippen molar-refractivity contribution in [1.82, 2.24) is 15.3 Å². The van der Waals surface area contributed by atoms with E-state index in [1.165, 1.54) is 19.5 Å². The lowest BCUT2D eigenvalue weighted by molar-refractivity contribution is 0.0977. The Bertz CT molecular complexity index is 1120. The number of amides is 1. The van der Waals surface area contributed by atoms with E-state index >= 15 is 0 Å². The van der Waals surface area contributed by atoms with Crippen LogP contribution in [0.3, 0.4) is 0 Å². The van der Waals surface area contributed by atoms with E-state index in [-0.39, 0.29) is 5.91 Å². The van der Waals surface area contributed by atoms with Gasteiger partial charge in [0.25, 0.3) is 5.91 Å². The number of halogens is 1. The Labute approximate surface area is 206 Å². The third-order valence-electron chi connectivity index (χ3n) is 4.21. The topological polar surface area (TPSA) is 115 Å². The molecular weight excluding hydrogens is 452 g/mol. The predicted molar refractivity (Wildman–Crippen MR) is 141 cm³/mol. The second-order valence-corrected chi connectivity index (χ2v) is 7.63. The fraction of sp³-hybridized carbons (Fsp3) is 0.320. The third-order valence-corrected chi connectivity index (χ3v) is 4.42. The Morgan fingerprint density at radius 2 is 1.85 bits per heavy atom. The van der Waals surface area contributed by atoms with E-state index in [9.17, 15) is 4.79 Å². The number of aliphatic imine (C=N–C) groups is 2. The first-order chi connectivity index (χ1) is 16.1.